The Balaban J connectivity index is 2.61. The SMILES string of the molecule is C[C@H](CCBr)N(c1cc(Cl)ccc1F)S(=O)(=O)c1ccc(Cl)cc1. The maximum Gasteiger partial charge on any atom is 0.264 e. The van der Waals surface area contributed by atoms with Crippen LogP contribution in [0.25, 0.3) is 0 Å². The summed E-state index contributed by atoms with van der Waals surface area (Å²) in [5, 5.41) is 1.25. The Kier molecular flexibility index (Phi) is 6.53. The van der Waals surface area contributed by atoms with Crippen LogP contribution in [0.4, 0.5) is 10.1 Å². The van der Waals surface area contributed by atoms with Crippen molar-refractivity contribution in [2.24, 2.45) is 0 Å². The lowest BCUT2D eigenvalue weighted by Crippen LogP contribution is -2.39. The Hall–Kier alpha value is -0.820. The minimum atomic E-state index is -3.98. The van der Waals surface area contributed by atoms with Gasteiger partial charge in [-0.05, 0) is 55.8 Å². The fraction of sp³-hybridized carbons (Fsp3) is 0.250. The molecule has 0 bridgehead atoms. The van der Waals surface area contributed by atoms with Crippen LogP contribution in [0.1, 0.15) is 13.3 Å². The number of alkyl halides is 1. The van der Waals surface area contributed by atoms with Crippen LogP contribution in [-0.4, -0.2) is 19.8 Å². The van der Waals surface area contributed by atoms with E-state index in [0.29, 0.717) is 16.8 Å². The molecule has 2 aromatic carbocycles. The van der Waals surface area contributed by atoms with Gasteiger partial charge in [0.2, 0.25) is 0 Å². The minimum Gasteiger partial charge on any atom is -0.261 e. The molecule has 0 aromatic heterocycles. The molecule has 0 radical (unpaired) electrons. The Bertz CT molecular complexity index is 815. The number of sulfonamides is 1. The van der Waals surface area contributed by atoms with Gasteiger partial charge in [0, 0.05) is 21.4 Å². The second kappa shape index (κ2) is 8.04. The summed E-state index contributed by atoms with van der Waals surface area (Å²) in [4.78, 5) is 0.0349. The van der Waals surface area contributed by atoms with Crippen LogP contribution in [0.3, 0.4) is 0 Å². The Morgan fingerprint density at radius 1 is 1.12 bits per heavy atom. The minimum absolute atomic E-state index is 0.0349. The molecular formula is C16H15BrCl2FNO2S. The molecule has 0 aliphatic heterocycles. The van der Waals surface area contributed by atoms with E-state index >= 15 is 0 Å². The molecule has 24 heavy (non-hydrogen) atoms. The molecule has 0 fully saturated rings. The van der Waals surface area contributed by atoms with Gasteiger partial charge in [0.05, 0.1) is 10.6 Å². The molecular weight excluding hydrogens is 440 g/mol. The molecule has 0 heterocycles. The fourth-order valence-corrected chi connectivity index (χ4v) is 4.89. The average molecular weight is 455 g/mol. The number of hydrogen-bond donors (Lipinski definition) is 0. The third kappa shape index (κ3) is 4.23. The van der Waals surface area contributed by atoms with E-state index in [2.05, 4.69) is 15.9 Å². The third-order valence-electron chi connectivity index (χ3n) is 3.44. The Morgan fingerprint density at radius 3 is 2.29 bits per heavy atom. The summed E-state index contributed by atoms with van der Waals surface area (Å²) in [6.45, 7) is 1.72. The first-order valence-corrected chi connectivity index (χ1v) is 10.4. The van der Waals surface area contributed by atoms with Gasteiger partial charge >= 0.3 is 0 Å². The van der Waals surface area contributed by atoms with Crippen LogP contribution in [0.2, 0.25) is 10.0 Å². The van der Waals surface area contributed by atoms with E-state index in [9.17, 15) is 12.8 Å². The molecule has 2 aromatic rings. The highest BCUT2D eigenvalue weighted by atomic mass is 79.9. The number of nitrogens with zero attached hydrogens (tertiary/aromatic N) is 1. The molecule has 2 rings (SSSR count). The van der Waals surface area contributed by atoms with E-state index in [1.807, 2.05) is 0 Å². The number of rotatable bonds is 6. The summed E-state index contributed by atoms with van der Waals surface area (Å²) in [6.07, 6.45) is 0.499. The van der Waals surface area contributed by atoms with Crippen molar-refractivity contribution in [3.63, 3.8) is 0 Å². The van der Waals surface area contributed by atoms with Gasteiger partial charge in [0.15, 0.2) is 0 Å². The van der Waals surface area contributed by atoms with Crippen molar-refractivity contribution in [3.05, 3.63) is 58.3 Å². The van der Waals surface area contributed by atoms with Gasteiger partial charge < -0.3 is 0 Å². The van der Waals surface area contributed by atoms with Crippen molar-refractivity contribution < 1.29 is 12.8 Å². The fourth-order valence-electron chi connectivity index (χ4n) is 2.25. The quantitative estimate of drug-likeness (QED) is 0.540. The first kappa shape index (κ1) is 19.5. The van der Waals surface area contributed by atoms with Crippen LogP contribution < -0.4 is 4.31 Å². The predicted molar refractivity (Wildman–Crippen MR) is 100 cm³/mol. The molecule has 1 atom stereocenters. The summed E-state index contributed by atoms with van der Waals surface area (Å²) in [5.41, 5.74) is -0.0779. The smallest absolute Gasteiger partial charge is 0.261 e. The van der Waals surface area contributed by atoms with E-state index < -0.39 is 21.9 Å². The van der Waals surface area contributed by atoms with Crippen LogP contribution >= 0.6 is 39.1 Å². The highest BCUT2D eigenvalue weighted by Gasteiger charge is 2.31. The molecule has 0 amide bonds. The van der Waals surface area contributed by atoms with Crippen molar-refractivity contribution >= 4 is 54.8 Å². The van der Waals surface area contributed by atoms with E-state index in [1.165, 1.54) is 36.4 Å². The largest absolute Gasteiger partial charge is 0.264 e. The monoisotopic (exact) mass is 453 g/mol. The van der Waals surface area contributed by atoms with Gasteiger partial charge in [-0.1, -0.05) is 39.1 Å². The van der Waals surface area contributed by atoms with E-state index in [0.717, 1.165) is 10.4 Å². The molecule has 8 heteroatoms. The van der Waals surface area contributed by atoms with Crippen LogP contribution in [0.15, 0.2) is 47.4 Å². The van der Waals surface area contributed by atoms with Crippen molar-refractivity contribution in [3.8, 4) is 0 Å². The second-order valence-corrected chi connectivity index (χ2v) is 8.66. The molecule has 0 saturated heterocycles. The summed E-state index contributed by atoms with van der Waals surface area (Å²) in [5.74, 6) is -0.654. The van der Waals surface area contributed by atoms with Crippen molar-refractivity contribution in [1.29, 1.82) is 0 Å². The topological polar surface area (TPSA) is 37.4 Å². The standard InChI is InChI=1S/C16H15BrCl2FNO2S/c1-11(8-9-17)21(16-10-13(19)4-7-15(16)20)24(22,23)14-5-2-12(18)3-6-14/h2-7,10-11H,8-9H2,1H3/t11-/m1/s1. The van der Waals surface area contributed by atoms with E-state index in [-0.39, 0.29) is 15.6 Å². The highest BCUT2D eigenvalue weighted by molar-refractivity contribution is 9.09. The first-order chi connectivity index (χ1) is 11.3. The average Bonchev–Trinajstić information content (AvgIpc) is 2.51. The molecule has 3 nitrogen and oxygen atoms in total. The highest BCUT2D eigenvalue weighted by Crippen LogP contribution is 2.32. The zero-order valence-electron chi connectivity index (χ0n) is 12.7. The van der Waals surface area contributed by atoms with Gasteiger partial charge in [0.1, 0.15) is 5.82 Å². The maximum absolute atomic E-state index is 14.3. The number of benzene rings is 2. The molecule has 0 aliphatic carbocycles. The second-order valence-electron chi connectivity index (χ2n) is 5.18. The summed E-state index contributed by atoms with van der Waals surface area (Å²) < 4.78 is 41.6. The summed E-state index contributed by atoms with van der Waals surface area (Å²) in [6, 6.07) is 9.13. The lowest BCUT2D eigenvalue weighted by atomic mass is 10.2. The van der Waals surface area contributed by atoms with Crippen LogP contribution in [0.5, 0.6) is 0 Å². The van der Waals surface area contributed by atoms with Gasteiger partial charge in [0.25, 0.3) is 10.0 Å². The number of anilines is 1. The van der Waals surface area contributed by atoms with E-state index in [1.54, 1.807) is 6.92 Å². The molecule has 0 aliphatic rings. The lowest BCUT2D eigenvalue weighted by molar-refractivity contribution is 0.569. The van der Waals surface area contributed by atoms with Crippen molar-refractivity contribution in [1.82, 2.24) is 0 Å². The molecule has 0 spiro atoms. The lowest BCUT2D eigenvalue weighted by Gasteiger charge is -2.30. The number of halogens is 4. The van der Waals surface area contributed by atoms with Gasteiger partial charge in [-0.2, -0.15) is 0 Å². The van der Waals surface area contributed by atoms with Crippen LogP contribution in [-0.2, 0) is 10.0 Å². The van der Waals surface area contributed by atoms with Gasteiger partial charge in [-0.25, -0.2) is 12.8 Å². The zero-order valence-corrected chi connectivity index (χ0v) is 16.6. The predicted octanol–water partition coefficient (Wildman–Crippen LogP) is 5.50. The normalized spacial score (nSPS) is 12.9. The maximum atomic E-state index is 14.3. The van der Waals surface area contributed by atoms with Crippen LogP contribution in [0, 0.1) is 5.82 Å². The van der Waals surface area contributed by atoms with E-state index in [4.69, 9.17) is 23.2 Å². The zero-order chi connectivity index (χ0) is 17.9. The Labute approximate surface area is 159 Å². The molecule has 0 unspecified atom stereocenters. The Morgan fingerprint density at radius 2 is 1.71 bits per heavy atom. The van der Waals surface area contributed by atoms with Gasteiger partial charge in [-0.15, -0.1) is 0 Å². The van der Waals surface area contributed by atoms with Crippen molar-refractivity contribution in [2.75, 3.05) is 9.64 Å². The van der Waals surface area contributed by atoms with Gasteiger partial charge in [-0.3, -0.25) is 4.31 Å². The number of hydrogen-bond acceptors (Lipinski definition) is 2. The van der Waals surface area contributed by atoms with Crippen molar-refractivity contribution in [2.45, 2.75) is 24.3 Å². The first-order valence-electron chi connectivity index (χ1n) is 7.08. The third-order valence-corrected chi connectivity index (χ3v) is 6.33. The summed E-state index contributed by atoms with van der Waals surface area (Å²) >= 11 is 15.1. The molecule has 0 saturated carbocycles. The molecule has 130 valence electrons. The molecule has 0 N–H and O–H groups in total. The summed E-state index contributed by atoms with van der Waals surface area (Å²) in [7, 11) is -3.98.